The van der Waals surface area contributed by atoms with Gasteiger partial charge in [0.2, 0.25) is 5.91 Å². The van der Waals surface area contributed by atoms with Crippen LogP contribution in [0.5, 0.6) is 0 Å². The Balaban J connectivity index is 2.75. The second kappa shape index (κ2) is 13.2. The lowest BCUT2D eigenvalue weighted by Gasteiger charge is -2.20. The molecule has 0 aromatic heterocycles. The maximum absolute atomic E-state index is 12.7. The van der Waals surface area contributed by atoms with E-state index in [2.05, 4.69) is 36.3 Å². The zero-order chi connectivity index (χ0) is 20.9. The molecule has 0 aliphatic heterocycles. The first kappa shape index (κ1) is 24.0. The van der Waals surface area contributed by atoms with Crippen LogP contribution >= 0.6 is 0 Å². The molecular formula is C22H38N4O2. The molecule has 0 heterocycles. The quantitative estimate of drug-likeness (QED) is 0.504. The minimum absolute atomic E-state index is 0.00148. The molecule has 2 amide bonds. The zero-order valence-electron chi connectivity index (χ0n) is 18.3. The molecule has 1 aromatic carbocycles. The first-order valence-corrected chi connectivity index (χ1v) is 10.5. The van der Waals surface area contributed by atoms with Crippen LogP contribution in [-0.2, 0) is 4.79 Å². The fraction of sp³-hybridized carbons (Fsp3) is 0.636. The van der Waals surface area contributed by atoms with Gasteiger partial charge in [-0.3, -0.25) is 9.59 Å². The van der Waals surface area contributed by atoms with Crippen LogP contribution < -0.4 is 15.5 Å². The molecule has 158 valence electrons. The van der Waals surface area contributed by atoms with E-state index in [1.165, 1.54) is 0 Å². The van der Waals surface area contributed by atoms with Crippen LogP contribution in [0.25, 0.3) is 0 Å². The van der Waals surface area contributed by atoms with E-state index in [0.717, 1.165) is 51.0 Å². The molecule has 0 aliphatic rings. The first-order chi connectivity index (χ1) is 13.4. The van der Waals surface area contributed by atoms with Gasteiger partial charge in [-0.2, -0.15) is 0 Å². The van der Waals surface area contributed by atoms with E-state index in [1.807, 2.05) is 31.1 Å². The van der Waals surface area contributed by atoms with Gasteiger partial charge in [-0.25, -0.2) is 0 Å². The number of likely N-dealkylation sites (N-methyl/N-ethyl adjacent to an activating group) is 1. The molecule has 0 atom stereocenters. The molecule has 6 heteroatoms. The summed E-state index contributed by atoms with van der Waals surface area (Å²) in [5.41, 5.74) is 2.08. The number of benzene rings is 1. The van der Waals surface area contributed by atoms with Crippen molar-refractivity contribution >= 4 is 23.2 Å². The lowest BCUT2D eigenvalue weighted by Crippen LogP contribution is -2.35. The Hall–Kier alpha value is -2.08. The second-order valence-electron chi connectivity index (χ2n) is 7.27. The SMILES string of the molecule is CCCCCCC(=O)Nc1ccc(N(C)C)c(C(=O)NCCN(CC)CC)c1. The summed E-state index contributed by atoms with van der Waals surface area (Å²) in [5, 5.41) is 5.93. The number of carbonyl (C=O) groups is 2. The van der Waals surface area contributed by atoms with Crippen molar-refractivity contribution in [3.8, 4) is 0 Å². The number of hydrogen-bond acceptors (Lipinski definition) is 4. The average Bonchev–Trinajstić information content (AvgIpc) is 2.68. The fourth-order valence-electron chi connectivity index (χ4n) is 3.08. The zero-order valence-corrected chi connectivity index (χ0v) is 18.3. The largest absolute Gasteiger partial charge is 0.377 e. The molecule has 0 radical (unpaired) electrons. The van der Waals surface area contributed by atoms with E-state index in [-0.39, 0.29) is 11.8 Å². The van der Waals surface area contributed by atoms with Crippen LogP contribution in [0, 0.1) is 0 Å². The van der Waals surface area contributed by atoms with Crippen LogP contribution in [0.1, 0.15) is 63.2 Å². The predicted octanol–water partition coefficient (Wildman–Crippen LogP) is 3.73. The Morgan fingerprint density at radius 3 is 2.32 bits per heavy atom. The number of amides is 2. The Morgan fingerprint density at radius 2 is 1.71 bits per heavy atom. The summed E-state index contributed by atoms with van der Waals surface area (Å²) in [7, 11) is 3.82. The number of rotatable bonds is 13. The van der Waals surface area contributed by atoms with E-state index >= 15 is 0 Å². The van der Waals surface area contributed by atoms with Crippen LogP contribution in [0.2, 0.25) is 0 Å². The molecule has 0 bridgehead atoms. The highest BCUT2D eigenvalue weighted by molar-refractivity contribution is 6.02. The van der Waals surface area contributed by atoms with Gasteiger partial charge in [-0.1, -0.05) is 40.0 Å². The van der Waals surface area contributed by atoms with Crippen molar-refractivity contribution < 1.29 is 9.59 Å². The van der Waals surface area contributed by atoms with Gasteiger partial charge in [0.15, 0.2) is 0 Å². The van der Waals surface area contributed by atoms with Crippen molar-refractivity contribution in [2.24, 2.45) is 0 Å². The molecule has 0 aliphatic carbocycles. The maximum Gasteiger partial charge on any atom is 0.253 e. The van der Waals surface area contributed by atoms with E-state index < -0.39 is 0 Å². The summed E-state index contributed by atoms with van der Waals surface area (Å²) in [6.45, 7) is 9.74. The highest BCUT2D eigenvalue weighted by Gasteiger charge is 2.15. The summed E-state index contributed by atoms with van der Waals surface area (Å²) < 4.78 is 0. The van der Waals surface area contributed by atoms with Crippen LogP contribution in [0.3, 0.4) is 0 Å². The molecule has 1 aromatic rings. The van der Waals surface area contributed by atoms with E-state index in [4.69, 9.17) is 0 Å². The molecule has 0 saturated heterocycles. The van der Waals surface area contributed by atoms with Crippen molar-refractivity contribution in [1.29, 1.82) is 0 Å². The molecule has 28 heavy (non-hydrogen) atoms. The van der Waals surface area contributed by atoms with Crippen LogP contribution in [0.4, 0.5) is 11.4 Å². The molecule has 0 fully saturated rings. The van der Waals surface area contributed by atoms with Gasteiger partial charge in [0.05, 0.1) is 5.56 Å². The second-order valence-corrected chi connectivity index (χ2v) is 7.27. The van der Waals surface area contributed by atoms with Crippen LogP contribution in [-0.4, -0.2) is 57.0 Å². The van der Waals surface area contributed by atoms with Gasteiger partial charge in [0, 0.05) is 45.0 Å². The van der Waals surface area contributed by atoms with E-state index in [1.54, 1.807) is 6.07 Å². The molecular weight excluding hydrogens is 352 g/mol. The van der Waals surface area contributed by atoms with Crippen molar-refractivity contribution in [3.63, 3.8) is 0 Å². The molecule has 0 unspecified atom stereocenters. The molecule has 6 nitrogen and oxygen atoms in total. The van der Waals surface area contributed by atoms with Crippen LogP contribution in [0.15, 0.2) is 18.2 Å². The van der Waals surface area contributed by atoms with Gasteiger partial charge in [0.1, 0.15) is 0 Å². The number of hydrogen-bond donors (Lipinski definition) is 2. The Kier molecular flexibility index (Phi) is 11.3. The molecule has 0 saturated carbocycles. The number of nitrogens with one attached hydrogen (secondary N) is 2. The highest BCUT2D eigenvalue weighted by Crippen LogP contribution is 2.23. The maximum atomic E-state index is 12.7. The van der Waals surface area contributed by atoms with Gasteiger partial charge < -0.3 is 20.4 Å². The van der Waals surface area contributed by atoms with Gasteiger partial charge in [0.25, 0.3) is 5.91 Å². The molecule has 0 spiro atoms. The van der Waals surface area contributed by atoms with Crippen molar-refractivity contribution in [2.75, 3.05) is 50.5 Å². The van der Waals surface area contributed by atoms with Gasteiger partial charge in [-0.05, 0) is 37.7 Å². The van der Waals surface area contributed by atoms with E-state index in [9.17, 15) is 9.59 Å². The number of carbonyl (C=O) groups excluding carboxylic acids is 2. The molecule has 1 rings (SSSR count). The summed E-state index contributed by atoms with van der Waals surface area (Å²) in [6, 6.07) is 5.50. The summed E-state index contributed by atoms with van der Waals surface area (Å²) in [4.78, 5) is 29.1. The average molecular weight is 391 g/mol. The van der Waals surface area contributed by atoms with Gasteiger partial charge >= 0.3 is 0 Å². The van der Waals surface area contributed by atoms with E-state index in [0.29, 0.717) is 24.2 Å². The third-order valence-electron chi connectivity index (χ3n) is 4.87. The fourth-order valence-corrected chi connectivity index (χ4v) is 3.08. The van der Waals surface area contributed by atoms with Crippen molar-refractivity contribution in [3.05, 3.63) is 23.8 Å². The summed E-state index contributed by atoms with van der Waals surface area (Å²) in [5.74, 6) is -0.114. The Labute approximate surface area is 170 Å². The third kappa shape index (κ3) is 8.30. The lowest BCUT2D eigenvalue weighted by atomic mass is 10.1. The topological polar surface area (TPSA) is 64.7 Å². The summed E-state index contributed by atoms with van der Waals surface area (Å²) >= 11 is 0. The number of nitrogens with zero attached hydrogens (tertiary/aromatic N) is 2. The standard InChI is InChI=1S/C22H38N4O2/c1-6-9-10-11-12-21(27)24-18-13-14-20(25(4)5)19(17-18)22(28)23-15-16-26(7-2)8-3/h13-14,17H,6-12,15-16H2,1-5H3,(H,23,28)(H,24,27). The number of unbranched alkanes of at least 4 members (excludes halogenated alkanes) is 3. The molecule has 2 N–H and O–H groups in total. The third-order valence-corrected chi connectivity index (χ3v) is 4.87. The van der Waals surface area contributed by atoms with Gasteiger partial charge in [-0.15, -0.1) is 0 Å². The highest BCUT2D eigenvalue weighted by atomic mass is 16.2. The Morgan fingerprint density at radius 1 is 1.00 bits per heavy atom. The summed E-state index contributed by atoms with van der Waals surface area (Å²) in [6.07, 6.45) is 4.79. The first-order valence-electron chi connectivity index (χ1n) is 10.5. The Bertz CT molecular complexity index is 613. The predicted molar refractivity (Wildman–Crippen MR) is 118 cm³/mol. The smallest absolute Gasteiger partial charge is 0.253 e. The van der Waals surface area contributed by atoms with Crippen molar-refractivity contribution in [1.82, 2.24) is 10.2 Å². The lowest BCUT2D eigenvalue weighted by molar-refractivity contribution is -0.116. The minimum atomic E-state index is -0.116. The number of anilines is 2. The monoisotopic (exact) mass is 390 g/mol. The normalized spacial score (nSPS) is 10.8. The van der Waals surface area contributed by atoms with Crippen molar-refractivity contribution in [2.45, 2.75) is 52.9 Å². The minimum Gasteiger partial charge on any atom is -0.377 e.